The van der Waals surface area contributed by atoms with Crippen LogP contribution in [0.25, 0.3) is 0 Å². The fraction of sp³-hybridized carbons (Fsp3) is 0.333. The molecule has 1 aliphatic heterocycles. The first-order chi connectivity index (χ1) is 12.6. The molecule has 5 nitrogen and oxygen atoms in total. The minimum Gasteiger partial charge on any atom is -0.497 e. The lowest BCUT2D eigenvalue weighted by molar-refractivity contribution is -0.132. The summed E-state index contributed by atoms with van der Waals surface area (Å²) < 4.78 is 5.30. The smallest absolute Gasteiger partial charge is 0.335 e. The Morgan fingerprint density at radius 2 is 1.96 bits per heavy atom. The van der Waals surface area contributed by atoms with E-state index in [1.54, 1.807) is 31.4 Å². The average molecular weight is 353 g/mol. The molecule has 1 amide bonds. The summed E-state index contributed by atoms with van der Waals surface area (Å²) in [4.78, 5) is 25.6. The Kier molecular flexibility index (Phi) is 5.56. The number of amides is 1. The van der Waals surface area contributed by atoms with Crippen LogP contribution in [-0.4, -0.2) is 35.5 Å². The molecule has 0 unspecified atom stereocenters. The lowest BCUT2D eigenvalue weighted by Crippen LogP contribution is -2.30. The molecule has 1 heterocycles. The Morgan fingerprint density at radius 3 is 2.65 bits per heavy atom. The Morgan fingerprint density at radius 1 is 1.19 bits per heavy atom. The van der Waals surface area contributed by atoms with Crippen LogP contribution in [0.5, 0.6) is 5.75 Å². The predicted octanol–water partition coefficient (Wildman–Crippen LogP) is 3.69. The molecule has 0 aliphatic carbocycles. The molecular formula is C21H23NO4. The molecule has 3 rings (SSSR count). The number of rotatable bonds is 6. The van der Waals surface area contributed by atoms with Crippen LogP contribution in [0.15, 0.2) is 48.5 Å². The maximum Gasteiger partial charge on any atom is 0.335 e. The first kappa shape index (κ1) is 18.0. The van der Waals surface area contributed by atoms with Gasteiger partial charge >= 0.3 is 5.97 Å². The van der Waals surface area contributed by atoms with Crippen LogP contribution in [0.1, 0.15) is 46.8 Å². The van der Waals surface area contributed by atoms with Crippen molar-refractivity contribution >= 4 is 11.9 Å². The van der Waals surface area contributed by atoms with Gasteiger partial charge < -0.3 is 14.7 Å². The highest BCUT2D eigenvalue weighted by Crippen LogP contribution is 2.34. The fourth-order valence-electron chi connectivity index (χ4n) is 3.47. The van der Waals surface area contributed by atoms with Crippen molar-refractivity contribution in [2.45, 2.75) is 31.7 Å². The van der Waals surface area contributed by atoms with Gasteiger partial charge in [-0.05, 0) is 54.7 Å². The molecule has 1 fully saturated rings. The topological polar surface area (TPSA) is 66.8 Å². The first-order valence-corrected chi connectivity index (χ1v) is 8.84. The summed E-state index contributed by atoms with van der Waals surface area (Å²) in [5.74, 6) is 0.00349. The van der Waals surface area contributed by atoms with E-state index in [1.165, 1.54) is 0 Å². The minimum atomic E-state index is -0.939. The Hall–Kier alpha value is -2.82. The van der Waals surface area contributed by atoms with E-state index in [1.807, 2.05) is 29.2 Å². The van der Waals surface area contributed by atoms with Gasteiger partial charge in [0.05, 0.1) is 18.7 Å². The van der Waals surface area contributed by atoms with Gasteiger partial charge in [0, 0.05) is 13.0 Å². The van der Waals surface area contributed by atoms with E-state index in [9.17, 15) is 9.59 Å². The van der Waals surface area contributed by atoms with Crippen molar-refractivity contribution in [1.29, 1.82) is 0 Å². The first-order valence-electron chi connectivity index (χ1n) is 8.84. The Balaban J connectivity index is 1.63. The molecule has 1 aliphatic rings. The highest BCUT2D eigenvalue weighted by molar-refractivity contribution is 5.87. The molecule has 5 heteroatoms. The lowest BCUT2D eigenvalue weighted by Gasteiger charge is -2.25. The van der Waals surface area contributed by atoms with Gasteiger partial charge in [0.2, 0.25) is 5.91 Å². The third-order valence-corrected chi connectivity index (χ3v) is 4.88. The summed E-state index contributed by atoms with van der Waals surface area (Å²) in [5.41, 5.74) is 2.35. The van der Waals surface area contributed by atoms with E-state index in [4.69, 9.17) is 9.84 Å². The molecule has 1 N–H and O–H groups in total. The number of hydrogen-bond donors (Lipinski definition) is 1. The summed E-state index contributed by atoms with van der Waals surface area (Å²) in [6.07, 6.45) is 3.00. The second kappa shape index (κ2) is 8.04. The number of benzene rings is 2. The van der Waals surface area contributed by atoms with Gasteiger partial charge in [0.1, 0.15) is 5.75 Å². The maximum absolute atomic E-state index is 12.7. The van der Waals surface area contributed by atoms with Crippen molar-refractivity contribution in [3.63, 3.8) is 0 Å². The molecule has 26 heavy (non-hydrogen) atoms. The number of hydrogen-bond acceptors (Lipinski definition) is 3. The van der Waals surface area contributed by atoms with Crippen molar-refractivity contribution in [3.05, 3.63) is 65.2 Å². The largest absolute Gasteiger partial charge is 0.497 e. The highest BCUT2D eigenvalue weighted by Gasteiger charge is 2.29. The normalized spacial score (nSPS) is 16.5. The number of carbonyl (C=O) groups is 2. The van der Waals surface area contributed by atoms with Crippen LogP contribution >= 0.6 is 0 Å². The molecule has 0 aromatic heterocycles. The number of ether oxygens (including phenoxy) is 1. The lowest BCUT2D eigenvalue weighted by atomic mass is 10.0. The molecule has 0 saturated carbocycles. The van der Waals surface area contributed by atoms with Crippen molar-refractivity contribution < 1.29 is 19.4 Å². The number of likely N-dealkylation sites (tertiary alicyclic amines) is 1. The highest BCUT2D eigenvalue weighted by atomic mass is 16.5. The SMILES string of the molecule is COc1cccc([C@@H]2CCCN2C(=O)CCc2ccc(C(=O)O)cc2)c1. The van der Waals surface area contributed by atoms with Crippen molar-refractivity contribution in [2.75, 3.05) is 13.7 Å². The molecule has 136 valence electrons. The zero-order valence-corrected chi connectivity index (χ0v) is 14.9. The molecule has 0 bridgehead atoms. The summed E-state index contributed by atoms with van der Waals surface area (Å²) in [6, 6.07) is 14.7. The van der Waals surface area contributed by atoms with E-state index < -0.39 is 5.97 Å². The second-order valence-electron chi connectivity index (χ2n) is 6.52. The van der Waals surface area contributed by atoms with Gasteiger partial charge in [-0.2, -0.15) is 0 Å². The van der Waals surface area contributed by atoms with Gasteiger partial charge in [-0.15, -0.1) is 0 Å². The number of nitrogens with zero attached hydrogens (tertiary/aromatic N) is 1. The third-order valence-electron chi connectivity index (χ3n) is 4.88. The van der Waals surface area contributed by atoms with Gasteiger partial charge in [-0.3, -0.25) is 4.79 Å². The monoisotopic (exact) mass is 353 g/mol. The van der Waals surface area contributed by atoms with Crippen LogP contribution in [0, 0.1) is 0 Å². The molecule has 0 radical (unpaired) electrons. The van der Waals surface area contributed by atoms with E-state index in [0.29, 0.717) is 12.8 Å². The van der Waals surface area contributed by atoms with E-state index in [2.05, 4.69) is 0 Å². The fourth-order valence-corrected chi connectivity index (χ4v) is 3.47. The summed E-state index contributed by atoms with van der Waals surface area (Å²) in [5, 5.41) is 8.94. The average Bonchev–Trinajstić information content (AvgIpc) is 3.16. The molecular weight excluding hydrogens is 330 g/mol. The third kappa shape index (κ3) is 4.04. The Bertz CT molecular complexity index is 785. The maximum atomic E-state index is 12.7. The van der Waals surface area contributed by atoms with Crippen molar-refractivity contribution in [1.82, 2.24) is 4.90 Å². The zero-order chi connectivity index (χ0) is 18.5. The van der Waals surface area contributed by atoms with Crippen LogP contribution < -0.4 is 4.74 Å². The molecule has 1 atom stereocenters. The number of aromatic carboxylic acids is 1. The van der Waals surface area contributed by atoms with Crippen LogP contribution in [-0.2, 0) is 11.2 Å². The van der Waals surface area contributed by atoms with Crippen LogP contribution in [0.2, 0.25) is 0 Å². The minimum absolute atomic E-state index is 0.104. The zero-order valence-electron chi connectivity index (χ0n) is 14.9. The molecule has 2 aromatic carbocycles. The molecule has 2 aromatic rings. The Labute approximate surface area is 153 Å². The molecule has 1 saturated heterocycles. The second-order valence-corrected chi connectivity index (χ2v) is 6.52. The quantitative estimate of drug-likeness (QED) is 0.860. The van der Waals surface area contributed by atoms with Gasteiger partial charge in [0.15, 0.2) is 0 Å². The number of carboxylic acids is 1. The van der Waals surface area contributed by atoms with Gasteiger partial charge in [-0.25, -0.2) is 4.79 Å². The van der Waals surface area contributed by atoms with Gasteiger partial charge in [-0.1, -0.05) is 24.3 Å². The van der Waals surface area contributed by atoms with E-state index >= 15 is 0 Å². The molecule has 0 spiro atoms. The van der Waals surface area contributed by atoms with E-state index in [0.717, 1.165) is 36.3 Å². The van der Waals surface area contributed by atoms with Crippen LogP contribution in [0.4, 0.5) is 0 Å². The van der Waals surface area contributed by atoms with Crippen LogP contribution in [0.3, 0.4) is 0 Å². The van der Waals surface area contributed by atoms with Gasteiger partial charge in [0.25, 0.3) is 0 Å². The number of carboxylic acid groups (broad SMARTS) is 1. The van der Waals surface area contributed by atoms with E-state index in [-0.39, 0.29) is 17.5 Å². The van der Waals surface area contributed by atoms with Crippen molar-refractivity contribution in [2.24, 2.45) is 0 Å². The summed E-state index contributed by atoms with van der Waals surface area (Å²) >= 11 is 0. The van der Waals surface area contributed by atoms with Crippen molar-refractivity contribution in [3.8, 4) is 5.75 Å². The number of methoxy groups -OCH3 is 1. The number of aryl methyl sites for hydroxylation is 1. The summed E-state index contributed by atoms with van der Waals surface area (Å²) in [6.45, 7) is 0.776. The predicted molar refractivity (Wildman–Crippen MR) is 98.4 cm³/mol. The number of carbonyl (C=O) groups excluding carboxylic acids is 1. The summed E-state index contributed by atoms with van der Waals surface area (Å²) in [7, 11) is 1.65. The standard InChI is InChI=1S/C21H23NO4/c1-26-18-5-2-4-17(14-18)19-6-3-13-22(19)20(23)12-9-15-7-10-16(11-8-15)21(24)25/h2,4-5,7-8,10-11,14,19H,3,6,9,12-13H2,1H3,(H,24,25)/t19-/m0/s1.